The molecule has 164 valence electrons. The van der Waals surface area contributed by atoms with E-state index in [2.05, 4.69) is 32.8 Å². The molecule has 0 aromatic carbocycles. The van der Waals surface area contributed by atoms with Crippen molar-refractivity contribution in [3.05, 3.63) is 47.3 Å². The largest absolute Gasteiger partial charge is 0.384 e. The first-order valence-corrected chi connectivity index (χ1v) is 10.9. The molecule has 0 saturated carbocycles. The zero-order chi connectivity index (χ0) is 22.2. The van der Waals surface area contributed by atoms with Crippen LogP contribution in [-0.2, 0) is 4.79 Å². The molecule has 4 rings (SSSR count). The second-order valence-electron chi connectivity index (χ2n) is 8.94. The highest BCUT2D eigenvalue weighted by atomic mass is 19.1. The highest BCUT2D eigenvalue weighted by molar-refractivity contribution is 5.92. The lowest BCUT2D eigenvalue weighted by atomic mass is 9.78. The molecule has 31 heavy (non-hydrogen) atoms. The lowest BCUT2D eigenvalue weighted by Crippen LogP contribution is -2.61. The van der Waals surface area contributed by atoms with Crippen molar-refractivity contribution < 1.29 is 9.18 Å². The number of hydrogen-bond acceptors (Lipinski definition) is 6. The Morgan fingerprint density at radius 1 is 1.42 bits per heavy atom. The topological polar surface area (TPSA) is 93.1 Å². The number of allylic oxidation sites excluding steroid dienone is 2. The standard InChI is InChI=1S/C23H29FN6O/c1-4-26-20-9-15(24)8-19-21(20)29-22(31)23(19,3)30-12-14(2)7-18(13-30)28-17-6-5-16(10-25)27-11-17/h5-6,9,11,14,18-19,26,28H,4,7-8,12-13H2,1-3H3,(H,29,31)/t14-,18+,19?,23?/m0/s1. The van der Waals surface area contributed by atoms with Crippen LogP contribution < -0.4 is 16.0 Å². The van der Waals surface area contributed by atoms with Gasteiger partial charge in [-0.05, 0) is 44.4 Å². The fraction of sp³-hybridized carbons (Fsp3) is 0.522. The van der Waals surface area contributed by atoms with Gasteiger partial charge in [-0.3, -0.25) is 9.69 Å². The Bertz CT molecular complexity index is 965. The van der Waals surface area contributed by atoms with Gasteiger partial charge < -0.3 is 16.0 Å². The Hall–Kier alpha value is -2.92. The first kappa shape index (κ1) is 21.3. The Kier molecular flexibility index (Phi) is 5.71. The molecule has 0 radical (unpaired) electrons. The number of nitrogens with zero attached hydrogens (tertiary/aromatic N) is 3. The van der Waals surface area contributed by atoms with Crippen molar-refractivity contribution in [1.82, 2.24) is 20.5 Å². The van der Waals surface area contributed by atoms with Gasteiger partial charge in [0.25, 0.3) is 0 Å². The van der Waals surface area contributed by atoms with Crippen molar-refractivity contribution in [2.45, 2.75) is 45.2 Å². The monoisotopic (exact) mass is 424 g/mol. The first-order valence-electron chi connectivity index (χ1n) is 10.9. The molecule has 3 aliphatic rings. The van der Waals surface area contributed by atoms with Gasteiger partial charge in [0.05, 0.1) is 17.6 Å². The number of rotatable bonds is 5. The summed E-state index contributed by atoms with van der Waals surface area (Å²) < 4.78 is 14.5. The Morgan fingerprint density at radius 3 is 2.90 bits per heavy atom. The molecule has 1 aliphatic carbocycles. The Labute approximate surface area is 182 Å². The normalized spacial score (nSPS) is 30.9. The van der Waals surface area contributed by atoms with Crippen molar-refractivity contribution in [3.63, 3.8) is 0 Å². The van der Waals surface area contributed by atoms with E-state index in [1.54, 1.807) is 12.3 Å². The van der Waals surface area contributed by atoms with E-state index in [-0.39, 0.29) is 30.1 Å². The molecule has 3 heterocycles. The van der Waals surface area contributed by atoms with Gasteiger partial charge in [0.15, 0.2) is 0 Å². The van der Waals surface area contributed by atoms with E-state index in [1.165, 1.54) is 6.08 Å². The fourth-order valence-electron chi connectivity index (χ4n) is 5.14. The lowest BCUT2D eigenvalue weighted by Gasteiger charge is -2.47. The number of nitriles is 1. The minimum atomic E-state index is -0.820. The quantitative estimate of drug-likeness (QED) is 0.673. The molecule has 8 heteroatoms. The van der Waals surface area contributed by atoms with Gasteiger partial charge in [0.2, 0.25) is 5.91 Å². The molecule has 3 N–H and O–H groups in total. The molecule has 1 aromatic heterocycles. The molecule has 0 spiro atoms. The van der Waals surface area contributed by atoms with Gasteiger partial charge >= 0.3 is 0 Å². The summed E-state index contributed by atoms with van der Waals surface area (Å²) in [7, 11) is 0. The number of hydrogen-bond donors (Lipinski definition) is 3. The van der Waals surface area contributed by atoms with Crippen LogP contribution in [0.3, 0.4) is 0 Å². The third kappa shape index (κ3) is 3.90. The summed E-state index contributed by atoms with van der Waals surface area (Å²) in [6, 6.07) is 5.68. The van der Waals surface area contributed by atoms with Crippen LogP contribution in [0.4, 0.5) is 10.1 Å². The lowest BCUT2D eigenvalue weighted by molar-refractivity contribution is -0.132. The zero-order valence-corrected chi connectivity index (χ0v) is 18.2. The highest BCUT2D eigenvalue weighted by Crippen LogP contribution is 2.44. The van der Waals surface area contributed by atoms with Gasteiger partial charge in [0.1, 0.15) is 23.1 Å². The van der Waals surface area contributed by atoms with E-state index in [4.69, 9.17) is 5.26 Å². The molecule has 1 amide bonds. The van der Waals surface area contributed by atoms with Crippen molar-refractivity contribution in [2.24, 2.45) is 11.8 Å². The van der Waals surface area contributed by atoms with E-state index in [0.717, 1.165) is 24.4 Å². The molecule has 2 aliphatic heterocycles. The minimum Gasteiger partial charge on any atom is -0.384 e. The van der Waals surface area contributed by atoms with Crippen molar-refractivity contribution in [2.75, 3.05) is 25.0 Å². The minimum absolute atomic E-state index is 0.0705. The number of fused-ring (bicyclic) bond motifs is 1. The van der Waals surface area contributed by atoms with Gasteiger partial charge in [0, 0.05) is 43.7 Å². The van der Waals surface area contributed by atoms with E-state index in [0.29, 0.717) is 30.4 Å². The molecular formula is C23H29FN6O. The number of carbonyl (C=O) groups excluding carboxylic acids is 1. The fourth-order valence-corrected chi connectivity index (χ4v) is 5.14. The van der Waals surface area contributed by atoms with Gasteiger partial charge in [-0.25, -0.2) is 9.37 Å². The molecule has 0 bridgehead atoms. The summed E-state index contributed by atoms with van der Waals surface area (Å²) in [6.07, 6.45) is 4.35. The average molecular weight is 425 g/mol. The van der Waals surface area contributed by atoms with E-state index in [1.807, 2.05) is 26.0 Å². The van der Waals surface area contributed by atoms with Crippen LogP contribution in [0.2, 0.25) is 0 Å². The zero-order valence-electron chi connectivity index (χ0n) is 18.2. The summed E-state index contributed by atoms with van der Waals surface area (Å²) in [5.74, 6) is -0.149. The second kappa shape index (κ2) is 8.31. The van der Waals surface area contributed by atoms with E-state index >= 15 is 0 Å². The van der Waals surface area contributed by atoms with Crippen molar-refractivity contribution in [3.8, 4) is 6.07 Å². The van der Waals surface area contributed by atoms with Gasteiger partial charge in [-0.2, -0.15) is 5.26 Å². The van der Waals surface area contributed by atoms with Crippen molar-refractivity contribution >= 4 is 11.6 Å². The summed E-state index contributed by atoms with van der Waals surface area (Å²) in [5.41, 5.74) is 1.88. The molecule has 1 aromatic rings. The maximum absolute atomic E-state index is 14.5. The Balaban J connectivity index is 1.58. The smallest absolute Gasteiger partial charge is 0.245 e. The predicted octanol–water partition coefficient (Wildman–Crippen LogP) is 2.66. The van der Waals surface area contributed by atoms with Crippen LogP contribution in [0.5, 0.6) is 0 Å². The van der Waals surface area contributed by atoms with Crippen LogP contribution in [0.25, 0.3) is 0 Å². The molecule has 7 nitrogen and oxygen atoms in total. The number of halogens is 1. The number of pyridine rings is 1. The number of nitrogens with one attached hydrogen (secondary N) is 3. The van der Waals surface area contributed by atoms with Crippen LogP contribution in [-0.4, -0.2) is 47.0 Å². The number of aromatic nitrogens is 1. The summed E-state index contributed by atoms with van der Waals surface area (Å²) in [4.78, 5) is 19.6. The first-order chi connectivity index (χ1) is 14.8. The SMILES string of the molecule is CCNC1=C2NC(=O)C(C)(N3C[C@@H](C)C[C@@H](Nc4ccc(C#N)nc4)C3)C2CC(F)=C1. The van der Waals surface area contributed by atoms with Crippen LogP contribution in [0.1, 0.15) is 39.3 Å². The van der Waals surface area contributed by atoms with Gasteiger partial charge in [-0.15, -0.1) is 0 Å². The maximum Gasteiger partial charge on any atom is 0.245 e. The molecule has 2 fully saturated rings. The van der Waals surface area contributed by atoms with Crippen LogP contribution in [0, 0.1) is 23.2 Å². The number of carbonyl (C=O) groups is 1. The van der Waals surface area contributed by atoms with Crippen molar-refractivity contribution in [1.29, 1.82) is 5.26 Å². The molecular weight excluding hydrogens is 395 g/mol. The number of likely N-dealkylation sites (tertiary alicyclic amines) is 1. The second-order valence-corrected chi connectivity index (χ2v) is 8.94. The molecule has 2 saturated heterocycles. The average Bonchev–Trinajstić information content (AvgIpc) is 3.00. The molecule has 2 unspecified atom stereocenters. The predicted molar refractivity (Wildman–Crippen MR) is 116 cm³/mol. The van der Waals surface area contributed by atoms with Gasteiger partial charge in [-0.1, -0.05) is 6.92 Å². The summed E-state index contributed by atoms with van der Waals surface area (Å²) in [5, 5.41) is 18.7. The summed E-state index contributed by atoms with van der Waals surface area (Å²) in [6.45, 7) is 8.18. The van der Waals surface area contributed by atoms with Crippen LogP contribution >= 0.6 is 0 Å². The van der Waals surface area contributed by atoms with Crippen LogP contribution in [0.15, 0.2) is 41.6 Å². The number of likely N-dealkylation sites (N-methyl/N-ethyl adjacent to an activating group) is 1. The third-order valence-electron chi connectivity index (χ3n) is 6.66. The third-order valence-corrected chi connectivity index (χ3v) is 6.66. The number of amides is 1. The number of anilines is 1. The highest BCUT2D eigenvalue weighted by Gasteiger charge is 2.56. The van der Waals surface area contributed by atoms with E-state index < -0.39 is 5.54 Å². The number of piperidine rings is 1. The van der Waals surface area contributed by atoms with E-state index in [9.17, 15) is 9.18 Å². The molecule has 4 atom stereocenters. The Morgan fingerprint density at radius 2 is 2.23 bits per heavy atom. The maximum atomic E-state index is 14.5. The summed E-state index contributed by atoms with van der Waals surface area (Å²) >= 11 is 0.